The maximum absolute atomic E-state index is 12.1. The first kappa shape index (κ1) is 19.9. The first-order chi connectivity index (χ1) is 12.5. The van der Waals surface area contributed by atoms with Crippen LogP contribution in [-0.2, 0) is 16.1 Å². The van der Waals surface area contributed by atoms with Gasteiger partial charge in [-0.1, -0.05) is 6.07 Å². The normalized spacial score (nSPS) is 11.5. The zero-order chi connectivity index (χ0) is 18.9. The Balaban J connectivity index is 1.69. The van der Waals surface area contributed by atoms with E-state index in [-0.39, 0.29) is 24.8 Å². The number of benzene rings is 1. The summed E-state index contributed by atoms with van der Waals surface area (Å²) < 4.78 is 6.46. The summed E-state index contributed by atoms with van der Waals surface area (Å²) in [5.74, 6) is 0.213. The highest BCUT2D eigenvalue weighted by molar-refractivity contribution is 9.10. The second kappa shape index (κ2) is 9.91. The number of hydrogen-bond donors (Lipinski definition) is 2. The molecular formula is C19H22BrN3O3. The van der Waals surface area contributed by atoms with Gasteiger partial charge in [-0.2, -0.15) is 0 Å². The van der Waals surface area contributed by atoms with Gasteiger partial charge < -0.3 is 15.4 Å². The molecule has 2 rings (SSSR count). The van der Waals surface area contributed by atoms with Crippen molar-refractivity contribution in [2.75, 3.05) is 6.54 Å². The summed E-state index contributed by atoms with van der Waals surface area (Å²) in [5, 5.41) is 5.51. The molecule has 2 aromatic rings. The van der Waals surface area contributed by atoms with Crippen molar-refractivity contribution in [2.45, 2.75) is 32.9 Å². The number of aromatic nitrogens is 1. The van der Waals surface area contributed by atoms with E-state index in [1.54, 1.807) is 19.3 Å². The number of ether oxygens (including phenoxy) is 1. The van der Waals surface area contributed by atoms with Gasteiger partial charge in [0.05, 0.1) is 4.47 Å². The van der Waals surface area contributed by atoms with Gasteiger partial charge >= 0.3 is 0 Å². The summed E-state index contributed by atoms with van der Waals surface area (Å²) in [6, 6.07) is 9.33. The van der Waals surface area contributed by atoms with Crippen LogP contribution < -0.4 is 15.4 Å². The molecule has 0 bridgehead atoms. The van der Waals surface area contributed by atoms with Gasteiger partial charge in [0.25, 0.3) is 5.91 Å². The molecule has 0 radical (unpaired) electrons. The van der Waals surface area contributed by atoms with Crippen molar-refractivity contribution < 1.29 is 14.3 Å². The van der Waals surface area contributed by atoms with Gasteiger partial charge in [0.15, 0.2) is 6.10 Å². The molecule has 0 fully saturated rings. The standard InChI is InChI=1S/C19H22BrN3O3/c1-13-3-4-17(16(20)11-13)26-14(2)19(25)22-10-7-18(24)23-12-15-5-8-21-9-6-15/h3-6,8-9,11,14H,7,10,12H2,1-2H3,(H,22,25)(H,23,24). The Morgan fingerprint density at radius 3 is 2.62 bits per heavy atom. The molecular weight excluding hydrogens is 398 g/mol. The molecule has 6 nitrogen and oxygen atoms in total. The summed E-state index contributed by atoms with van der Waals surface area (Å²) in [5.41, 5.74) is 2.07. The number of nitrogens with one attached hydrogen (secondary N) is 2. The lowest BCUT2D eigenvalue weighted by atomic mass is 10.2. The number of rotatable bonds is 8. The SMILES string of the molecule is Cc1ccc(OC(C)C(=O)NCCC(=O)NCc2ccncc2)c(Br)c1. The fourth-order valence-corrected chi connectivity index (χ4v) is 2.76. The fraction of sp³-hybridized carbons (Fsp3) is 0.316. The van der Waals surface area contributed by atoms with Crippen LogP contribution in [-0.4, -0.2) is 29.4 Å². The lowest BCUT2D eigenvalue weighted by Crippen LogP contribution is -2.38. The third kappa shape index (κ3) is 6.48. The molecule has 7 heteroatoms. The van der Waals surface area contributed by atoms with Gasteiger partial charge in [-0.3, -0.25) is 14.6 Å². The summed E-state index contributed by atoms with van der Waals surface area (Å²) in [6.07, 6.45) is 2.90. The summed E-state index contributed by atoms with van der Waals surface area (Å²) in [7, 11) is 0. The van der Waals surface area contributed by atoms with E-state index >= 15 is 0 Å². The van der Waals surface area contributed by atoms with Gasteiger partial charge in [0.1, 0.15) is 5.75 Å². The van der Waals surface area contributed by atoms with Crippen LogP contribution in [0.3, 0.4) is 0 Å². The van der Waals surface area contributed by atoms with E-state index in [2.05, 4.69) is 31.5 Å². The number of pyridine rings is 1. The molecule has 26 heavy (non-hydrogen) atoms. The fourth-order valence-electron chi connectivity index (χ4n) is 2.18. The first-order valence-electron chi connectivity index (χ1n) is 8.32. The predicted molar refractivity (Wildman–Crippen MR) is 103 cm³/mol. The smallest absolute Gasteiger partial charge is 0.260 e. The zero-order valence-electron chi connectivity index (χ0n) is 14.8. The van der Waals surface area contributed by atoms with Crippen molar-refractivity contribution in [1.29, 1.82) is 0 Å². The Labute approximate surface area is 161 Å². The zero-order valence-corrected chi connectivity index (χ0v) is 16.4. The van der Waals surface area contributed by atoms with E-state index in [0.717, 1.165) is 15.6 Å². The van der Waals surface area contributed by atoms with Crippen LogP contribution in [0.1, 0.15) is 24.5 Å². The second-order valence-corrected chi connectivity index (χ2v) is 6.72. The van der Waals surface area contributed by atoms with Crippen LogP contribution in [0.5, 0.6) is 5.75 Å². The molecule has 1 atom stereocenters. The first-order valence-corrected chi connectivity index (χ1v) is 9.11. The number of carbonyl (C=O) groups is 2. The van der Waals surface area contributed by atoms with E-state index in [1.165, 1.54) is 0 Å². The highest BCUT2D eigenvalue weighted by Gasteiger charge is 2.16. The van der Waals surface area contributed by atoms with Crippen molar-refractivity contribution in [3.63, 3.8) is 0 Å². The minimum Gasteiger partial charge on any atom is -0.480 e. The van der Waals surface area contributed by atoms with Crippen LogP contribution in [0.15, 0.2) is 47.2 Å². The van der Waals surface area contributed by atoms with E-state index in [9.17, 15) is 9.59 Å². The molecule has 0 aliphatic rings. The predicted octanol–water partition coefficient (Wildman–Crippen LogP) is 2.74. The Kier molecular flexibility index (Phi) is 7.59. The average molecular weight is 420 g/mol. The number of carbonyl (C=O) groups excluding carboxylic acids is 2. The molecule has 1 heterocycles. The number of aryl methyl sites for hydroxylation is 1. The summed E-state index contributed by atoms with van der Waals surface area (Å²) in [4.78, 5) is 27.8. The van der Waals surface area contributed by atoms with Crippen molar-refractivity contribution in [1.82, 2.24) is 15.6 Å². The third-order valence-corrected chi connectivity index (χ3v) is 4.27. The molecule has 1 aromatic heterocycles. The van der Waals surface area contributed by atoms with Crippen LogP contribution in [0.4, 0.5) is 0 Å². The number of hydrogen-bond acceptors (Lipinski definition) is 4. The topological polar surface area (TPSA) is 80.3 Å². The van der Waals surface area contributed by atoms with E-state index < -0.39 is 6.10 Å². The number of halogens is 1. The van der Waals surface area contributed by atoms with Crippen LogP contribution in [0.2, 0.25) is 0 Å². The Morgan fingerprint density at radius 1 is 1.19 bits per heavy atom. The Morgan fingerprint density at radius 2 is 1.92 bits per heavy atom. The van der Waals surface area contributed by atoms with Crippen LogP contribution in [0, 0.1) is 6.92 Å². The molecule has 1 unspecified atom stereocenters. The monoisotopic (exact) mass is 419 g/mol. The van der Waals surface area contributed by atoms with Crippen LogP contribution in [0.25, 0.3) is 0 Å². The van der Waals surface area contributed by atoms with Crippen molar-refractivity contribution in [3.05, 3.63) is 58.3 Å². The van der Waals surface area contributed by atoms with Gasteiger partial charge in [-0.05, 0) is 65.2 Å². The summed E-state index contributed by atoms with van der Waals surface area (Å²) in [6.45, 7) is 4.34. The minimum absolute atomic E-state index is 0.128. The largest absolute Gasteiger partial charge is 0.480 e. The summed E-state index contributed by atoms with van der Waals surface area (Å²) >= 11 is 3.42. The molecule has 0 saturated heterocycles. The highest BCUT2D eigenvalue weighted by atomic mass is 79.9. The molecule has 2 amide bonds. The van der Waals surface area contributed by atoms with Gasteiger partial charge in [0, 0.05) is 31.9 Å². The molecule has 1 aromatic carbocycles. The lowest BCUT2D eigenvalue weighted by Gasteiger charge is -2.16. The lowest BCUT2D eigenvalue weighted by molar-refractivity contribution is -0.127. The highest BCUT2D eigenvalue weighted by Crippen LogP contribution is 2.26. The maximum atomic E-state index is 12.1. The van der Waals surface area contributed by atoms with Gasteiger partial charge in [-0.15, -0.1) is 0 Å². The molecule has 0 saturated carbocycles. The molecule has 2 N–H and O–H groups in total. The third-order valence-electron chi connectivity index (χ3n) is 3.65. The van der Waals surface area contributed by atoms with Crippen molar-refractivity contribution in [2.24, 2.45) is 0 Å². The average Bonchev–Trinajstić information content (AvgIpc) is 2.63. The maximum Gasteiger partial charge on any atom is 0.260 e. The minimum atomic E-state index is -0.658. The van der Waals surface area contributed by atoms with E-state index in [1.807, 2.05) is 37.3 Å². The quantitative estimate of drug-likeness (QED) is 0.689. The van der Waals surface area contributed by atoms with Crippen molar-refractivity contribution >= 4 is 27.7 Å². The second-order valence-electron chi connectivity index (χ2n) is 5.87. The van der Waals surface area contributed by atoms with Crippen molar-refractivity contribution in [3.8, 4) is 5.75 Å². The van der Waals surface area contributed by atoms with Gasteiger partial charge in [-0.25, -0.2) is 0 Å². The Bertz CT molecular complexity index is 753. The van der Waals surface area contributed by atoms with Crippen LogP contribution >= 0.6 is 15.9 Å². The van der Waals surface area contributed by atoms with E-state index in [0.29, 0.717) is 12.3 Å². The molecule has 0 aliphatic heterocycles. The number of amides is 2. The van der Waals surface area contributed by atoms with E-state index in [4.69, 9.17) is 4.74 Å². The van der Waals surface area contributed by atoms with Gasteiger partial charge in [0.2, 0.25) is 5.91 Å². The Hall–Kier alpha value is -2.41. The molecule has 0 aliphatic carbocycles. The number of nitrogens with zero attached hydrogens (tertiary/aromatic N) is 1. The molecule has 138 valence electrons. The molecule has 0 spiro atoms.